The number of alkyl halides is 2. The molecule has 1 aromatic carbocycles. The zero-order valence-electron chi connectivity index (χ0n) is 12.3. The SMILES string of the molecule is CCC(Br)COCc1ccc(COCC(Br)CC)cc1. The molecule has 0 N–H and O–H groups in total. The third-order valence-corrected chi connectivity index (χ3v) is 4.87. The molecule has 0 saturated carbocycles. The Bertz CT molecular complexity index is 319. The molecule has 2 nitrogen and oxygen atoms in total. The third kappa shape index (κ3) is 7.77. The lowest BCUT2D eigenvalue weighted by molar-refractivity contribution is 0.120. The Kier molecular flexibility index (Phi) is 9.78. The van der Waals surface area contributed by atoms with Crippen LogP contribution in [0, 0.1) is 0 Å². The molecule has 0 aliphatic carbocycles. The van der Waals surface area contributed by atoms with Gasteiger partial charge < -0.3 is 9.47 Å². The highest BCUT2D eigenvalue weighted by Crippen LogP contribution is 2.11. The van der Waals surface area contributed by atoms with Crippen molar-refractivity contribution in [2.45, 2.75) is 49.6 Å². The molecule has 0 fully saturated rings. The molecule has 2 unspecified atom stereocenters. The summed E-state index contributed by atoms with van der Waals surface area (Å²) in [5, 5.41) is 0. The molecule has 4 heteroatoms. The molecular weight excluding hydrogens is 384 g/mol. The van der Waals surface area contributed by atoms with Crippen LogP contribution in [-0.2, 0) is 22.7 Å². The highest BCUT2D eigenvalue weighted by molar-refractivity contribution is 9.09. The summed E-state index contributed by atoms with van der Waals surface area (Å²) in [6, 6.07) is 8.44. The van der Waals surface area contributed by atoms with Crippen molar-refractivity contribution in [3.05, 3.63) is 35.4 Å². The van der Waals surface area contributed by atoms with Crippen molar-refractivity contribution < 1.29 is 9.47 Å². The Morgan fingerprint density at radius 2 is 1.15 bits per heavy atom. The zero-order chi connectivity index (χ0) is 14.8. The Morgan fingerprint density at radius 1 is 0.800 bits per heavy atom. The van der Waals surface area contributed by atoms with Gasteiger partial charge in [-0.15, -0.1) is 0 Å². The molecule has 1 rings (SSSR count). The summed E-state index contributed by atoms with van der Waals surface area (Å²) < 4.78 is 11.3. The predicted molar refractivity (Wildman–Crippen MR) is 91.8 cm³/mol. The van der Waals surface area contributed by atoms with Crippen LogP contribution in [0.5, 0.6) is 0 Å². The summed E-state index contributed by atoms with van der Waals surface area (Å²) in [5.41, 5.74) is 2.41. The molecular formula is C16H24Br2O2. The second-order valence-electron chi connectivity index (χ2n) is 4.86. The minimum absolute atomic E-state index is 0.450. The number of hydrogen-bond donors (Lipinski definition) is 0. The third-order valence-electron chi connectivity index (χ3n) is 3.04. The van der Waals surface area contributed by atoms with E-state index < -0.39 is 0 Å². The van der Waals surface area contributed by atoms with Crippen LogP contribution in [0.4, 0.5) is 0 Å². The van der Waals surface area contributed by atoms with E-state index in [1.54, 1.807) is 0 Å². The lowest BCUT2D eigenvalue weighted by Gasteiger charge is -2.10. The van der Waals surface area contributed by atoms with Gasteiger partial charge in [-0.25, -0.2) is 0 Å². The van der Waals surface area contributed by atoms with Crippen molar-refractivity contribution in [1.82, 2.24) is 0 Å². The number of rotatable bonds is 10. The van der Waals surface area contributed by atoms with Crippen LogP contribution in [-0.4, -0.2) is 22.9 Å². The highest BCUT2D eigenvalue weighted by Gasteiger charge is 2.02. The minimum atomic E-state index is 0.450. The maximum absolute atomic E-state index is 5.66. The van der Waals surface area contributed by atoms with Crippen molar-refractivity contribution >= 4 is 31.9 Å². The fourth-order valence-corrected chi connectivity index (χ4v) is 1.95. The maximum atomic E-state index is 5.66. The van der Waals surface area contributed by atoms with Crippen molar-refractivity contribution in [3.63, 3.8) is 0 Å². The Morgan fingerprint density at radius 3 is 1.45 bits per heavy atom. The van der Waals surface area contributed by atoms with Crippen molar-refractivity contribution in [2.75, 3.05) is 13.2 Å². The first-order valence-electron chi connectivity index (χ1n) is 7.17. The largest absolute Gasteiger partial charge is 0.376 e. The van der Waals surface area contributed by atoms with E-state index in [4.69, 9.17) is 9.47 Å². The van der Waals surface area contributed by atoms with Gasteiger partial charge in [0, 0.05) is 9.65 Å². The van der Waals surface area contributed by atoms with Crippen LogP contribution < -0.4 is 0 Å². The van der Waals surface area contributed by atoms with Crippen molar-refractivity contribution in [3.8, 4) is 0 Å². The highest BCUT2D eigenvalue weighted by atomic mass is 79.9. The molecule has 0 aliphatic heterocycles. The molecule has 20 heavy (non-hydrogen) atoms. The molecule has 0 amide bonds. The molecule has 0 heterocycles. The van der Waals surface area contributed by atoms with Crippen LogP contribution in [0.1, 0.15) is 37.8 Å². The van der Waals surface area contributed by atoms with Gasteiger partial charge in [0.25, 0.3) is 0 Å². The van der Waals surface area contributed by atoms with E-state index in [1.165, 1.54) is 11.1 Å². The number of hydrogen-bond acceptors (Lipinski definition) is 2. The van der Waals surface area contributed by atoms with E-state index in [9.17, 15) is 0 Å². The molecule has 0 spiro atoms. The standard InChI is InChI=1S/C16H24Br2O2/c1-3-15(17)11-19-9-13-5-7-14(8-6-13)10-20-12-16(18)4-2/h5-8,15-16H,3-4,9-12H2,1-2H3. The molecule has 0 saturated heterocycles. The number of benzene rings is 1. The summed E-state index contributed by atoms with van der Waals surface area (Å²) in [6.45, 7) is 7.14. The average Bonchev–Trinajstić information content (AvgIpc) is 2.48. The smallest absolute Gasteiger partial charge is 0.0717 e. The second kappa shape index (κ2) is 10.8. The Labute approximate surface area is 139 Å². The molecule has 0 bridgehead atoms. The van der Waals surface area contributed by atoms with Crippen LogP contribution in [0.3, 0.4) is 0 Å². The van der Waals surface area contributed by atoms with Crippen LogP contribution >= 0.6 is 31.9 Å². The molecule has 1 aromatic rings. The van der Waals surface area contributed by atoms with Gasteiger partial charge in [-0.1, -0.05) is 70.0 Å². The fourth-order valence-electron chi connectivity index (χ4n) is 1.58. The first-order valence-corrected chi connectivity index (χ1v) is 9.00. The summed E-state index contributed by atoms with van der Waals surface area (Å²) in [4.78, 5) is 0.900. The monoisotopic (exact) mass is 406 g/mol. The van der Waals surface area contributed by atoms with Gasteiger partial charge in [0.1, 0.15) is 0 Å². The van der Waals surface area contributed by atoms with Gasteiger partial charge in [-0.05, 0) is 24.0 Å². The van der Waals surface area contributed by atoms with E-state index >= 15 is 0 Å². The van der Waals surface area contributed by atoms with Gasteiger partial charge in [0.05, 0.1) is 26.4 Å². The summed E-state index contributed by atoms with van der Waals surface area (Å²) >= 11 is 7.13. The molecule has 0 radical (unpaired) electrons. The maximum Gasteiger partial charge on any atom is 0.0717 e. The molecule has 2 atom stereocenters. The van der Waals surface area contributed by atoms with Gasteiger partial charge in [0.15, 0.2) is 0 Å². The first-order chi connectivity index (χ1) is 9.65. The van der Waals surface area contributed by atoms with Crippen LogP contribution in [0.2, 0.25) is 0 Å². The first kappa shape index (κ1) is 18.1. The minimum Gasteiger partial charge on any atom is -0.376 e. The van der Waals surface area contributed by atoms with Crippen molar-refractivity contribution in [2.24, 2.45) is 0 Å². The summed E-state index contributed by atoms with van der Waals surface area (Å²) in [5.74, 6) is 0. The van der Waals surface area contributed by atoms with E-state index in [1.807, 2.05) is 0 Å². The predicted octanol–water partition coefficient (Wildman–Crippen LogP) is 5.07. The van der Waals surface area contributed by atoms with Crippen LogP contribution in [0.25, 0.3) is 0 Å². The topological polar surface area (TPSA) is 18.5 Å². The molecule has 114 valence electrons. The van der Waals surface area contributed by atoms with Gasteiger partial charge >= 0.3 is 0 Å². The molecule has 0 aromatic heterocycles. The lowest BCUT2D eigenvalue weighted by Crippen LogP contribution is -2.07. The van der Waals surface area contributed by atoms with E-state index in [0.29, 0.717) is 22.9 Å². The fraction of sp³-hybridized carbons (Fsp3) is 0.625. The van der Waals surface area contributed by atoms with E-state index in [0.717, 1.165) is 26.1 Å². The molecule has 0 aliphatic rings. The number of ether oxygens (including phenoxy) is 2. The zero-order valence-corrected chi connectivity index (χ0v) is 15.5. The van der Waals surface area contributed by atoms with Gasteiger partial charge in [-0.2, -0.15) is 0 Å². The second-order valence-corrected chi connectivity index (χ2v) is 7.45. The van der Waals surface area contributed by atoms with Gasteiger partial charge in [0.2, 0.25) is 0 Å². The van der Waals surface area contributed by atoms with E-state index in [-0.39, 0.29) is 0 Å². The average molecular weight is 408 g/mol. The number of halogens is 2. The van der Waals surface area contributed by atoms with Crippen molar-refractivity contribution in [1.29, 1.82) is 0 Å². The normalized spacial score (nSPS) is 14.2. The summed E-state index contributed by atoms with van der Waals surface area (Å²) in [6.07, 6.45) is 2.17. The summed E-state index contributed by atoms with van der Waals surface area (Å²) in [7, 11) is 0. The quantitative estimate of drug-likeness (QED) is 0.504. The van der Waals surface area contributed by atoms with Crippen LogP contribution in [0.15, 0.2) is 24.3 Å². The van der Waals surface area contributed by atoms with Gasteiger partial charge in [-0.3, -0.25) is 0 Å². The lowest BCUT2D eigenvalue weighted by atomic mass is 10.1. The Hall–Kier alpha value is 0.100. The Balaban J connectivity index is 2.26. The van der Waals surface area contributed by atoms with E-state index in [2.05, 4.69) is 70.0 Å².